The molecule has 6 rings (SSSR count). The Morgan fingerprint density at radius 2 is 2.03 bits per heavy atom. The predicted molar refractivity (Wildman–Crippen MR) is 123 cm³/mol. The van der Waals surface area contributed by atoms with Crippen molar-refractivity contribution in [2.75, 3.05) is 18.5 Å². The summed E-state index contributed by atoms with van der Waals surface area (Å²) in [7, 11) is -3.71. The van der Waals surface area contributed by atoms with Crippen LogP contribution in [0.15, 0.2) is 17.2 Å². The zero-order valence-corrected chi connectivity index (χ0v) is 19.7. The van der Waals surface area contributed by atoms with Crippen molar-refractivity contribution in [3.63, 3.8) is 0 Å². The van der Waals surface area contributed by atoms with E-state index < -0.39 is 15.9 Å². The molecule has 0 spiro atoms. The molecule has 3 aliphatic rings. The molecule has 14 heteroatoms. The molecule has 0 saturated heterocycles. The number of amides is 2. The molecule has 1 aromatic carbocycles. The number of hydrogen-bond donors (Lipinski definition) is 4. The number of carbonyl (C=O) groups excluding carboxylic acids is 1. The number of urea groups is 1. The quantitative estimate of drug-likeness (QED) is 0.396. The number of tetrazole rings is 1. The molecule has 2 aromatic heterocycles. The second-order valence-electron chi connectivity index (χ2n) is 9.02. The van der Waals surface area contributed by atoms with Crippen molar-refractivity contribution in [1.82, 2.24) is 35.1 Å². The minimum absolute atomic E-state index is 0.0358. The molecule has 2 amide bonds. The maximum Gasteiger partial charge on any atom is 0.355 e. The maximum absolute atomic E-state index is 13.3. The largest absolute Gasteiger partial charge is 0.476 e. The van der Waals surface area contributed by atoms with Gasteiger partial charge in [-0.3, -0.25) is 0 Å². The average molecular weight is 500 g/mol. The Balaban J connectivity index is 1.15. The molecule has 184 valence electrons. The Morgan fingerprint density at radius 1 is 1.26 bits per heavy atom. The average Bonchev–Trinajstić information content (AvgIpc) is 3.63. The number of anilines is 1. The highest BCUT2D eigenvalue weighted by Crippen LogP contribution is 2.38. The number of H-pyrrole nitrogens is 1. The van der Waals surface area contributed by atoms with E-state index >= 15 is 0 Å². The van der Waals surface area contributed by atoms with Gasteiger partial charge in [0.2, 0.25) is 5.88 Å². The maximum atomic E-state index is 13.3. The molecule has 4 N–H and O–H groups in total. The van der Waals surface area contributed by atoms with Gasteiger partial charge in [-0.1, -0.05) is 16.3 Å². The number of nitrogens with zero attached hydrogens (tertiary/aromatic N) is 5. The Labute approximate surface area is 201 Å². The summed E-state index contributed by atoms with van der Waals surface area (Å²) in [6, 6.07) is 1.75. The number of rotatable bonds is 6. The molecule has 3 aromatic rings. The van der Waals surface area contributed by atoms with Crippen LogP contribution >= 0.6 is 0 Å². The number of aromatic nitrogens is 6. The zero-order valence-electron chi connectivity index (χ0n) is 18.9. The Hall–Kier alpha value is -3.68. The van der Waals surface area contributed by atoms with Gasteiger partial charge in [-0.25, -0.2) is 23.2 Å². The van der Waals surface area contributed by atoms with E-state index in [2.05, 4.69) is 41.8 Å². The predicted octanol–water partition coefficient (Wildman–Crippen LogP) is 1.60. The van der Waals surface area contributed by atoms with Crippen molar-refractivity contribution in [2.45, 2.75) is 50.0 Å². The molecule has 2 aliphatic carbocycles. The van der Waals surface area contributed by atoms with Crippen LogP contribution in [-0.4, -0.2) is 53.9 Å². The number of benzene rings is 1. The van der Waals surface area contributed by atoms with Crippen LogP contribution in [0.25, 0.3) is 0 Å². The lowest BCUT2D eigenvalue weighted by atomic mass is 9.99. The molecule has 0 saturated carbocycles. The van der Waals surface area contributed by atoms with Gasteiger partial charge in [-0.15, -0.1) is 0 Å². The summed E-state index contributed by atoms with van der Waals surface area (Å²) in [6.45, 7) is 0.967. The molecule has 0 bridgehead atoms. The normalized spacial score (nSPS) is 19.7. The first-order chi connectivity index (χ1) is 17.0. The van der Waals surface area contributed by atoms with E-state index in [4.69, 9.17) is 14.3 Å². The summed E-state index contributed by atoms with van der Waals surface area (Å²) in [5.41, 5.74) is 5.72. The summed E-state index contributed by atoms with van der Waals surface area (Å²) in [6.07, 6.45) is 7.28. The van der Waals surface area contributed by atoms with Crippen molar-refractivity contribution in [2.24, 2.45) is 5.92 Å². The number of ether oxygens (including phenoxy) is 2. The molecule has 1 aliphatic heterocycles. The Kier molecular flexibility index (Phi) is 5.31. The van der Waals surface area contributed by atoms with Crippen LogP contribution < -0.4 is 19.5 Å². The molecule has 2 atom stereocenters. The van der Waals surface area contributed by atoms with Crippen molar-refractivity contribution < 1.29 is 18.5 Å². The van der Waals surface area contributed by atoms with Gasteiger partial charge in [0.25, 0.3) is 0 Å². The molecule has 0 fully saturated rings. The first-order valence-corrected chi connectivity index (χ1v) is 13.1. The fraction of sp³-hybridized carbons (Fsp3) is 0.476. The van der Waals surface area contributed by atoms with Crippen LogP contribution in [0.5, 0.6) is 11.9 Å². The number of aromatic amines is 1. The fourth-order valence-corrected chi connectivity index (χ4v) is 6.15. The SMILES string of the molecule is N=S(=O)(NC(=O)Nc1c2c(cc3c1CCC3)CCC2)c1cnn2c1OCC(COc1nn[nH]n1)C2. The highest BCUT2D eigenvalue weighted by Gasteiger charge is 2.30. The summed E-state index contributed by atoms with van der Waals surface area (Å²) in [5, 5.41) is 20.4. The second kappa shape index (κ2) is 8.52. The highest BCUT2D eigenvalue weighted by atomic mass is 32.2. The van der Waals surface area contributed by atoms with E-state index in [9.17, 15) is 9.00 Å². The lowest BCUT2D eigenvalue weighted by Crippen LogP contribution is -2.35. The molecule has 3 heterocycles. The van der Waals surface area contributed by atoms with Crippen LogP contribution in [0, 0.1) is 10.7 Å². The van der Waals surface area contributed by atoms with E-state index in [0.29, 0.717) is 6.54 Å². The number of aryl methyl sites for hydroxylation is 2. The molecular weight excluding hydrogens is 474 g/mol. The van der Waals surface area contributed by atoms with Gasteiger partial charge < -0.3 is 14.8 Å². The topological polar surface area (TPSA) is 173 Å². The Morgan fingerprint density at radius 3 is 2.74 bits per heavy atom. The minimum atomic E-state index is -3.71. The molecular formula is C21H25N9O4S. The van der Waals surface area contributed by atoms with E-state index in [1.807, 2.05) is 0 Å². The van der Waals surface area contributed by atoms with E-state index in [0.717, 1.165) is 55.3 Å². The van der Waals surface area contributed by atoms with Gasteiger partial charge >= 0.3 is 12.0 Å². The van der Waals surface area contributed by atoms with Crippen LogP contribution in [0.4, 0.5) is 10.5 Å². The second-order valence-corrected chi connectivity index (χ2v) is 10.8. The zero-order chi connectivity index (χ0) is 24.0. The van der Waals surface area contributed by atoms with Crippen LogP contribution in [0.2, 0.25) is 0 Å². The van der Waals surface area contributed by atoms with Crippen LogP contribution in [0.3, 0.4) is 0 Å². The van der Waals surface area contributed by atoms with E-state index in [-0.39, 0.29) is 35.9 Å². The summed E-state index contributed by atoms with van der Waals surface area (Å²) in [5.74, 6) is 0.150. The third-order valence-corrected chi connectivity index (χ3v) is 8.05. The van der Waals surface area contributed by atoms with Crippen molar-refractivity contribution in [3.05, 3.63) is 34.5 Å². The third kappa shape index (κ3) is 4.07. The molecule has 13 nitrogen and oxygen atoms in total. The lowest BCUT2D eigenvalue weighted by molar-refractivity contribution is 0.110. The van der Waals surface area contributed by atoms with Gasteiger partial charge in [0, 0.05) is 11.6 Å². The summed E-state index contributed by atoms with van der Waals surface area (Å²) < 4.78 is 36.8. The molecule has 2 unspecified atom stereocenters. The van der Waals surface area contributed by atoms with Crippen molar-refractivity contribution in [3.8, 4) is 11.9 Å². The molecule has 0 radical (unpaired) electrons. The highest BCUT2D eigenvalue weighted by molar-refractivity contribution is 7.91. The van der Waals surface area contributed by atoms with Crippen molar-refractivity contribution >= 4 is 21.6 Å². The third-order valence-electron chi connectivity index (χ3n) is 6.68. The smallest absolute Gasteiger partial charge is 0.355 e. The number of fused-ring (bicyclic) bond motifs is 3. The summed E-state index contributed by atoms with van der Waals surface area (Å²) in [4.78, 5) is 13.0. The molecule has 35 heavy (non-hydrogen) atoms. The number of carbonyl (C=O) groups is 1. The number of nitrogens with one attached hydrogen (secondary N) is 4. The van der Waals surface area contributed by atoms with Gasteiger partial charge in [0.05, 0.1) is 26.0 Å². The van der Waals surface area contributed by atoms with Gasteiger partial charge in [0.1, 0.15) is 4.90 Å². The standard InChI is InChI=1S/C21H25N9O4S/c22-35(32,17-8-23-30-9-12(10-33-19(17)30)11-34-21-25-28-29-26-21)27-20(31)24-18-15-5-1-3-13(15)7-14-4-2-6-16(14)18/h7-8,12H,1-6,9-11H2,(H,25,26,28,29)(H3,22,24,27,31,32). The fourth-order valence-electron chi connectivity index (χ4n) is 5.12. The van der Waals surface area contributed by atoms with Crippen molar-refractivity contribution in [1.29, 1.82) is 4.78 Å². The van der Waals surface area contributed by atoms with Gasteiger partial charge in [0.15, 0.2) is 9.92 Å². The monoisotopic (exact) mass is 499 g/mol. The lowest BCUT2D eigenvalue weighted by Gasteiger charge is -2.24. The van der Waals surface area contributed by atoms with Gasteiger partial charge in [-0.2, -0.15) is 10.3 Å². The van der Waals surface area contributed by atoms with E-state index in [1.54, 1.807) is 0 Å². The first kappa shape index (κ1) is 21.8. The Bertz CT molecular complexity index is 1350. The van der Waals surface area contributed by atoms with Crippen LogP contribution in [-0.2, 0) is 42.1 Å². The first-order valence-electron chi connectivity index (χ1n) is 11.6. The van der Waals surface area contributed by atoms with E-state index in [1.165, 1.54) is 22.0 Å². The minimum Gasteiger partial charge on any atom is -0.476 e. The number of hydrogen-bond acceptors (Lipinski definition) is 9. The summed E-state index contributed by atoms with van der Waals surface area (Å²) >= 11 is 0. The van der Waals surface area contributed by atoms with Gasteiger partial charge in [-0.05, 0) is 66.0 Å². The van der Waals surface area contributed by atoms with Crippen LogP contribution in [0.1, 0.15) is 35.1 Å².